The summed E-state index contributed by atoms with van der Waals surface area (Å²) >= 11 is 1.50. The van der Waals surface area contributed by atoms with Gasteiger partial charge in [0.05, 0.1) is 21.7 Å². The number of carbonyl (C=O) groups excluding carboxylic acids is 1. The van der Waals surface area contributed by atoms with E-state index in [4.69, 9.17) is 0 Å². The van der Waals surface area contributed by atoms with Gasteiger partial charge in [0.1, 0.15) is 5.01 Å². The Kier molecular flexibility index (Phi) is 4.13. The van der Waals surface area contributed by atoms with E-state index in [1.54, 1.807) is 7.05 Å². The molecule has 1 N–H and O–H groups in total. The van der Waals surface area contributed by atoms with Crippen molar-refractivity contribution in [3.8, 4) is 5.75 Å². The van der Waals surface area contributed by atoms with Crippen LogP contribution in [0.4, 0.5) is 5.69 Å². The maximum absolute atomic E-state index is 12.4. The molecule has 122 valence electrons. The number of benzene rings is 2. The van der Waals surface area contributed by atoms with Crippen molar-refractivity contribution in [1.29, 1.82) is 0 Å². The fourth-order valence-corrected chi connectivity index (χ4v) is 3.31. The highest BCUT2D eigenvalue weighted by atomic mass is 32.1. The van der Waals surface area contributed by atoms with E-state index >= 15 is 0 Å². The fourth-order valence-electron chi connectivity index (χ4n) is 2.29. The topological polar surface area (TPSA) is 96.6 Å². The Labute approximate surface area is 140 Å². The molecule has 7 nitrogen and oxygen atoms in total. The van der Waals surface area contributed by atoms with E-state index in [-0.39, 0.29) is 11.5 Å². The zero-order valence-corrected chi connectivity index (χ0v) is 13.5. The number of carbonyl (C=O) groups is 1. The highest BCUT2D eigenvalue weighted by Gasteiger charge is 2.19. The number of phenols is 1. The molecule has 1 aromatic heterocycles. The molecule has 1 amide bonds. The lowest BCUT2D eigenvalue weighted by Gasteiger charge is -2.15. The minimum Gasteiger partial charge on any atom is -0.502 e. The SMILES string of the molecule is CN(Cc1nc2ccccc2s1)C(=O)c1ccc([N+](=O)[O-])c(O)c1. The van der Waals surface area contributed by atoms with Gasteiger partial charge in [-0.1, -0.05) is 12.1 Å². The van der Waals surface area contributed by atoms with Crippen LogP contribution in [0.1, 0.15) is 15.4 Å². The summed E-state index contributed by atoms with van der Waals surface area (Å²) in [5.74, 6) is -0.876. The summed E-state index contributed by atoms with van der Waals surface area (Å²) < 4.78 is 1.04. The molecular formula is C16H13N3O4S. The van der Waals surface area contributed by atoms with Crippen molar-refractivity contribution in [1.82, 2.24) is 9.88 Å². The molecule has 8 heteroatoms. The number of thiazole rings is 1. The second-order valence-corrected chi connectivity index (χ2v) is 6.31. The largest absolute Gasteiger partial charge is 0.502 e. The summed E-state index contributed by atoms with van der Waals surface area (Å²) in [6.45, 7) is 0.315. The van der Waals surface area contributed by atoms with Gasteiger partial charge in [0.2, 0.25) is 0 Å². The third kappa shape index (κ3) is 3.04. The third-order valence-corrected chi connectivity index (χ3v) is 4.50. The molecular weight excluding hydrogens is 330 g/mol. The third-order valence-electron chi connectivity index (χ3n) is 3.48. The van der Waals surface area contributed by atoms with Crippen LogP contribution in [-0.2, 0) is 6.54 Å². The maximum atomic E-state index is 12.4. The van der Waals surface area contributed by atoms with E-state index in [1.807, 2.05) is 24.3 Å². The second kappa shape index (κ2) is 6.25. The number of para-hydroxylation sites is 1. The number of nitro groups is 1. The molecule has 0 aliphatic heterocycles. The second-order valence-electron chi connectivity index (χ2n) is 5.20. The number of amides is 1. The van der Waals surface area contributed by atoms with Crippen LogP contribution < -0.4 is 0 Å². The van der Waals surface area contributed by atoms with Crippen molar-refractivity contribution in [3.63, 3.8) is 0 Å². The van der Waals surface area contributed by atoms with Crippen molar-refractivity contribution in [2.75, 3.05) is 7.05 Å². The summed E-state index contributed by atoms with van der Waals surface area (Å²) in [6.07, 6.45) is 0. The Balaban J connectivity index is 1.79. The lowest BCUT2D eigenvalue weighted by Crippen LogP contribution is -2.26. The van der Waals surface area contributed by atoms with Gasteiger partial charge >= 0.3 is 5.69 Å². The summed E-state index contributed by atoms with van der Waals surface area (Å²) in [6, 6.07) is 11.3. The molecule has 0 unspecified atom stereocenters. The van der Waals surface area contributed by atoms with E-state index < -0.39 is 16.4 Å². The number of nitro benzene ring substituents is 1. The Morgan fingerprint density at radius 1 is 1.33 bits per heavy atom. The number of fused-ring (bicyclic) bond motifs is 1. The van der Waals surface area contributed by atoms with Gasteiger partial charge in [-0.2, -0.15) is 0 Å². The van der Waals surface area contributed by atoms with Crippen LogP contribution in [-0.4, -0.2) is 32.9 Å². The van der Waals surface area contributed by atoms with Gasteiger partial charge in [-0.15, -0.1) is 11.3 Å². The number of hydrogen-bond donors (Lipinski definition) is 1. The standard InChI is InChI=1S/C16H13N3O4S/c1-18(9-15-17-11-4-2-3-5-14(11)24-15)16(21)10-6-7-12(19(22)23)13(20)8-10/h2-8,20H,9H2,1H3. The van der Waals surface area contributed by atoms with Gasteiger partial charge in [-0.05, 0) is 24.3 Å². The number of hydrogen-bond acceptors (Lipinski definition) is 6. The first-order valence-corrected chi connectivity index (χ1v) is 7.84. The van der Waals surface area contributed by atoms with Gasteiger partial charge in [0.15, 0.2) is 5.75 Å². The Bertz CT molecular complexity index is 905. The zero-order valence-electron chi connectivity index (χ0n) is 12.7. The van der Waals surface area contributed by atoms with Gasteiger partial charge in [-0.3, -0.25) is 14.9 Å². The molecule has 0 radical (unpaired) electrons. The number of aromatic nitrogens is 1. The van der Waals surface area contributed by atoms with E-state index in [9.17, 15) is 20.0 Å². The Hall–Kier alpha value is -3.00. The Morgan fingerprint density at radius 2 is 2.08 bits per heavy atom. The number of phenolic OH excluding ortho intramolecular Hbond substituents is 1. The lowest BCUT2D eigenvalue weighted by molar-refractivity contribution is -0.385. The molecule has 1 heterocycles. The van der Waals surface area contributed by atoms with Crippen molar-refractivity contribution >= 4 is 33.1 Å². The van der Waals surface area contributed by atoms with Crippen LogP contribution in [0.5, 0.6) is 5.75 Å². The Morgan fingerprint density at radius 3 is 2.75 bits per heavy atom. The number of rotatable bonds is 4. The number of aromatic hydroxyl groups is 1. The predicted molar refractivity (Wildman–Crippen MR) is 90.2 cm³/mol. The van der Waals surface area contributed by atoms with Crippen LogP contribution in [0.3, 0.4) is 0 Å². The van der Waals surface area contributed by atoms with E-state index in [0.29, 0.717) is 6.54 Å². The molecule has 3 aromatic rings. The minimum atomic E-state index is -0.700. The van der Waals surface area contributed by atoms with Gasteiger partial charge in [0.25, 0.3) is 5.91 Å². The van der Waals surface area contributed by atoms with Crippen molar-refractivity contribution in [2.45, 2.75) is 6.54 Å². The minimum absolute atomic E-state index is 0.182. The molecule has 0 saturated heterocycles. The quantitative estimate of drug-likeness (QED) is 0.580. The normalized spacial score (nSPS) is 10.7. The molecule has 0 atom stereocenters. The molecule has 0 spiro atoms. The van der Waals surface area contributed by atoms with Crippen molar-refractivity contribution in [3.05, 3.63) is 63.1 Å². The van der Waals surface area contributed by atoms with Gasteiger partial charge in [0, 0.05) is 18.7 Å². The molecule has 24 heavy (non-hydrogen) atoms. The lowest BCUT2D eigenvalue weighted by atomic mass is 10.1. The van der Waals surface area contributed by atoms with Crippen molar-refractivity contribution in [2.24, 2.45) is 0 Å². The van der Waals surface area contributed by atoms with Crippen LogP contribution in [0.15, 0.2) is 42.5 Å². The predicted octanol–water partition coefficient (Wildman–Crippen LogP) is 3.18. The maximum Gasteiger partial charge on any atom is 0.310 e. The molecule has 0 aliphatic rings. The van der Waals surface area contributed by atoms with Crippen LogP contribution in [0.25, 0.3) is 10.2 Å². The van der Waals surface area contributed by atoms with Crippen LogP contribution in [0, 0.1) is 10.1 Å². The molecule has 2 aromatic carbocycles. The number of nitrogens with zero attached hydrogens (tertiary/aromatic N) is 3. The summed E-state index contributed by atoms with van der Waals surface area (Å²) in [5, 5.41) is 21.2. The monoisotopic (exact) mass is 343 g/mol. The first-order chi connectivity index (χ1) is 11.5. The van der Waals surface area contributed by atoms with Crippen LogP contribution >= 0.6 is 11.3 Å². The molecule has 0 fully saturated rings. The summed E-state index contributed by atoms with van der Waals surface area (Å²) in [7, 11) is 1.62. The van der Waals surface area contributed by atoms with Crippen LogP contribution in [0.2, 0.25) is 0 Å². The van der Waals surface area contributed by atoms with E-state index in [1.165, 1.54) is 22.3 Å². The van der Waals surface area contributed by atoms with Gasteiger partial charge < -0.3 is 10.0 Å². The molecule has 0 saturated carbocycles. The highest BCUT2D eigenvalue weighted by molar-refractivity contribution is 7.18. The first-order valence-electron chi connectivity index (χ1n) is 7.03. The summed E-state index contributed by atoms with van der Waals surface area (Å²) in [5.41, 5.74) is 0.633. The molecule has 0 bridgehead atoms. The fraction of sp³-hybridized carbons (Fsp3) is 0.125. The van der Waals surface area contributed by atoms with Crippen molar-refractivity contribution < 1.29 is 14.8 Å². The molecule has 0 aliphatic carbocycles. The van der Waals surface area contributed by atoms with Gasteiger partial charge in [-0.25, -0.2) is 4.98 Å². The molecule has 3 rings (SSSR count). The smallest absolute Gasteiger partial charge is 0.310 e. The average molecular weight is 343 g/mol. The van der Waals surface area contributed by atoms with E-state index in [2.05, 4.69) is 4.98 Å². The average Bonchev–Trinajstić information content (AvgIpc) is 2.95. The first kappa shape index (κ1) is 15.9. The van der Waals surface area contributed by atoms with E-state index in [0.717, 1.165) is 27.4 Å². The summed E-state index contributed by atoms with van der Waals surface area (Å²) in [4.78, 5) is 28.4. The highest BCUT2D eigenvalue weighted by Crippen LogP contribution is 2.27. The zero-order chi connectivity index (χ0) is 17.3.